The first-order valence-electron chi connectivity index (χ1n) is 9.13. The third-order valence-corrected chi connectivity index (χ3v) is 5.46. The van der Waals surface area contributed by atoms with Crippen molar-refractivity contribution in [3.63, 3.8) is 0 Å². The second kappa shape index (κ2) is 9.42. The molecule has 0 unspecified atom stereocenters. The highest BCUT2D eigenvalue weighted by molar-refractivity contribution is 5.97. The zero-order chi connectivity index (χ0) is 19.8. The second-order valence-electron chi connectivity index (χ2n) is 7.14. The van der Waals surface area contributed by atoms with E-state index in [-0.39, 0.29) is 53.6 Å². The van der Waals surface area contributed by atoms with Crippen LogP contribution in [0.1, 0.15) is 21.8 Å². The normalized spacial score (nSPS) is 18.0. The van der Waals surface area contributed by atoms with Crippen molar-refractivity contribution >= 4 is 41.8 Å². The lowest BCUT2D eigenvalue weighted by Gasteiger charge is -2.17. The van der Waals surface area contributed by atoms with Crippen LogP contribution in [0, 0.1) is 5.92 Å². The van der Waals surface area contributed by atoms with Gasteiger partial charge in [-0.05, 0) is 24.1 Å². The SMILES string of the molecule is Cl.Cl.Cn1c(=O)[nH]c(=O)c2cc(C(=O)N3C[C@@H](CN)[C@H](c4ccccc4)C3)cnc21. The van der Waals surface area contributed by atoms with Gasteiger partial charge in [0.25, 0.3) is 11.5 Å². The molecule has 3 heterocycles. The van der Waals surface area contributed by atoms with Gasteiger partial charge >= 0.3 is 5.69 Å². The molecule has 1 aliphatic rings. The third kappa shape index (κ3) is 4.12. The number of fused-ring (bicyclic) bond motifs is 1. The minimum atomic E-state index is -0.552. The number of pyridine rings is 1. The van der Waals surface area contributed by atoms with Gasteiger partial charge in [0.15, 0.2) is 0 Å². The minimum Gasteiger partial charge on any atom is -0.338 e. The molecule has 2 atom stereocenters. The first kappa shape index (κ1) is 23.6. The van der Waals surface area contributed by atoms with Crippen LogP contribution in [-0.4, -0.2) is 45.0 Å². The fraction of sp³-hybridized carbons (Fsp3) is 0.300. The van der Waals surface area contributed by atoms with Gasteiger partial charge in [-0.1, -0.05) is 30.3 Å². The molecule has 0 radical (unpaired) electrons. The van der Waals surface area contributed by atoms with Gasteiger partial charge in [-0.15, -0.1) is 24.8 Å². The molecule has 1 aromatic carbocycles. The number of nitrogens with one attached hydrogen (secondary N) is 1. The molecular weight excluding hydrogens is 429 g/mol. The number of rotatable bonds is 3. The number of nitrogens with zero attached hydrogens (tertiary/aromatic N) is 3. The Kier molecular flexibility index (Phi) is 7.41. The number of carbonyl (C=O) groups is 1. The smallest absolute Gasteiger partial charge is 0.329 e. The molecule has 3 N–H and O–H groups in total. The van der Waals surface area contributed by atoms with Crippen LogP contribution in [0.15, 0.2) is 52.2 Å². The van der Waals surface area contributed by atoms with E-state index in [1.807, 2.05) is 18.2 Å². The van der Waals surface area contributed by atoms with Crippen molar-refractivity contribution in [3.05, 3.63) is 74.6 Å². The van der Waals surface area contributed by atoms with Gasteiger partial charge in [-0.3, -0.25) is 19.1 Å². The summed E-state index contributed by atoms with van der Waals surface area (Å²) in [7, 11) is 1.52. The average molecular weight is 452 g/mol. The zero-order valence-corrected chi connectivity index (χ0v) is 17.9. The number of carbonyl (C=O) groups excluding carboxylic acids is 1. The predicted molar refractivity (Wildman–Crippen MR) is 120 cm³/mol. The molecule has 8 nitrogen and oxygen atoms in total. The van der Waals surface area contributed by atoms with Gasteiger partial charge < -0.3 is 10.6 Å². The van der Waals surface area contributed by atoms with E-state index in [2.05, 4.69) is 22.1 Å². The molecule has 4 rings (SSSR count). The molecule has 30 heavy (non-hydrogen) atoms. The van der Waals surface area contributed by atoms with Gasteiger partial charge in [0, 0.05) is 32.3 Å². The Hall–Kier alpha value is -2.68. The van der Waals surface area contributed by atoms with Crippen molar-refractivity contribution in [2.45, 2.75) is 5.92 Å². The van der Waals surface area contributed by atoms with E-state index in [0.29, 0.717) is 25.2 Å². The van der Waals surface area contributed by atoms with Gasteiger partial charge in [0.2, 0.25) is 0 Å². The maximum Gasteiger partial charge on any atom is 0.329 e. The lowest BCUT2D eigenvalue weighted by Crippen LogP contribution is -2.31. The molecular formula is C20H23Cl2N5O3. The summed E-state index contributed by atoms with van der Waals surface area (Å²) in [6.45, 7) is 1.60. The van der Waals surface area contributed by atoms with Crippen molar-refractivity contribution in [2.24, 2.45) is 18.7 Å². The van der Waals surface area contributed by atoms with E-state index in [9.17, 15) is 14.4 Å². The molecule has 160 valence electrons. The molecule has 1 fully saturated rings. The zero-order valence-electron chi connectivity index (χ0n) is 16.3. The standard InChI is InChI=1S/C20H21N5O3.2ClH/c1-24-17-15(18(26)23-20(24)28)7-13(9-22-17)19(27)25-10-14(8-21)16(11-25)12-5-3-2-4-6-12;;/h2-7,9,14,16H,8,10-11,21H2,1H3,(H,23,26,28);2*1H/t14-,16+;;/m1../s1. The van der Waals surface area contributed by atoms with E-state index in [4.69, 9.17) is 5.73 Å². The first-order valence-corrected chi connectivity index (χ1v) is 9.13. The highest BCUT2D eigenvalue weighted by atomic mass is 35.5. The Morgan fingerprint density at radius 2 is 1.90 bits per heavy atom. The van der Waals surface area contributed by atoms with Crippen LogP contribution in [0.3, 0.4) is 0 Å². The topological polar surface area (TPSA) is 114 Å². The number of amides is 1. The number of hydrogen-bond acceptors (Lipinski definition) is 5. The second-order valence-corrected chi connectivity index (χ2v) is 7.14. The van der Waals surface area contributed by atoms with Crippen molar-refractivity contribution in [3.8, 4) is 0 Å². The minimum absolute atomic E-state index is 0. The van der Waals surface area contributed by atoms with Crippen LogP contribution in [0.2, 0.25) is 0 Å². The predicted octanol–water partition coefficient (Wildman–Crippen LogP) is 1.28. The van der Waals surface area contributed by atoms with Crippen LogP contribution < -0.4 is 17.0 Å². The van der Waals surface area contributed by atoms with Crippen LogP contribution in [-0.2, 0) is 7.05 Å². The Morgan fingerprint density at radius 3 is 2.57 bits per heavy atom. The molecule has 1 aliphatic heterocycles. The molecule has 1 saturated heterocycles. The number of benzene rings is 1. The van der Waals surface area contributed by atoms with Crippen molar-refractivity contribution in [1.82, 2.24) is 19.4 Å². The number of halogens is 2. The number of aromatic nitrogens is 3. The number of aromatic amines is 1. The highest BCUT2D eigenvalue weighted by Gasteiger charge is 2.35. The van der Waals surface area contributed by atoms with Crippen molar-refractivity contribution < 1.29 is 4.79 Å². The summed E-state index contributed by atoms with van der Waals surface area (Å²) in [4.78, 5) is 45.1. The summed E-state index contributed by atoms with van der Waals surface area (Å²) in [5.41, 5.74) is 6.59. The Labute approximate surface area is 184 Å². The summed E-state index contributed by atoms with van der Waals surface area (Å²) in [6.07, 6.45) is 1.41. The van der Waals surface area contributed by atoms with Gasteiger partial charge in [0.1, 0.15) is 5.65 Å². The quantitative estimate of drug-likeness (QED) is 0.622. The first-order chi connectivity index (χ1) is 13.5. The Balaban J connectivity index is 0.00000160. The lowest BCUT2D eigenvalue weighted by atomic mass is 9.89. The van der Waals surface area contributed by atoms with Crippen LogP contribution >= 0.6 is 24.8 Å². The molecule has 0 bridgehead atoms. The molecule has 3 aromatic rings. The van der Waals surface area contributed by atoms with E-state index in [0.717, 1.165) is 5.56 Å². The molecule has 0 aliphatic carbocycles. The van der Waals surface area contributed by atoms with E-state index >= 15 is 0 Å². The van der Waals surface area contributed by atoms with Crippen LogP contribution in [0.5, 0.6) is 0 Å². The van der Waals surface area contributed by atoms with E-state index < -0.39 is 11.2 Å². The molecule has 2 aromatic heterocycles. The van der Waals surface area contributed by atoms with Gasteiger partial charge in [0.05, 0.1) is 10.9 Å². The summed E-state index contributed by atoms with van der Waals surface area (Å²) in [5.74, 6) is 0.149. The monoisotopic (exact) mass is 451 g/mol. The third-order valence-electron chi connectivity index (χ3n) is 5.46. The number of aryl methyl sites for hydroxylation is 1. The van der Waals surface area contributed by atoms with E-state index in [1.165, 1.54) is 23.9 Å². The number of likely N-dealkylation sites (tertiary alicyclic amines) is 1. The summed E-state index contributed by atoms with van der Waals surface area (Å²) in [5, 5.41) is 0.210. The number of nitrogens with two attached hydrogens (primary N) is 1. The van der Waals surface area contributed by atoms with Crippen LogP contribution in [0.25, 0.3) is 11.0 Å². The van der Waals surface area contributed by atoms with Crippen molar-refractivity contribution in [2.75, 3.05) is 19.6 Å². The summed E-state index contributed by atoms with van der Waals surface area (Å²) >= 11 is 0. The Morgan fingerprint density at radius 1 is 1.20 bits per heavy atom. The molecule has 1 amide bonds. The highest BCUT2D eigenvalue weighted by Crippen LogP contribution is 2.32. The molecule has 0 spiro atoms. The average Bonchev–Trinajstić information content (AvgIpc) is 3.16. The van der Waals surface area contributed by atoms with Gasteiger partial charge in [-0.25, -0.2) is 9.78 Å². The van der Waals surface area contributed by atoms with Crippen molar-refractivity contribution in [1.29, 1.82) is 0 Å². The summed E-state index contributed by atoms with van der Waals surface area (Å²) in [6, 6.07) is 11.5. The largest absolute Gasteiger partial charge is 0.338 e. The number of H-pyrrole nitrogens is 1. The fourth-order valence-electron chi connectivity index (χ4n) is 3.89. The molecule has 0 saturated carbocycles. The summed E-state index contributed by atoms with van der Waals surface area (Å²) < 4.78 is 1.25. The fourth-order valence-corrected chi connectivity index (χ4v) is 3.89. The lowest BCUT2D eigenvalue weighted by molar-refractivity contribution is 0.0786. The number of hydrogen-bond donors (Lipinski definition) is 2. The molecule has 10 heteroatoms. The van der Waals surface area contributed by atoms with Gasteiger partial charge in [-0.2, -0.15) is 0 Å². The Bertz CT molecular complexity index is 1160. The maximum atomic E-state index is 13.1. The maximum absolute atomic E-state index is 13.1. The van der Waals surface area contributed by atoms with Crippen LogP contribution in [0.4, 0.5) is 0 Å². The van der Waals surface area contributed by atoms with E-state index in [1.54, 1.807) is 4.90 Å².